The van der Waals surface area contributed by atoms with E-state index in [1.807, 2.05) is 36.4 Å². The van der Waals surface area contributed by atoms with Gasteiger partial charge < -0.3 is 15.8 Å². The number of nitrogens with one attached hydrogen (secondary N) is 1. The first-order chi connectivity index (χ1) is 15.7. The molecule has 1 fully saturated rings. The molecule has 164 valence electrons. The van der Waals surface area contributed by atoms with Crippen molar-refractivity contribution in [2.24, 2.45) is 0 Å². The molecule has 2 aromatic heterocycles. The van der Waals surface area contributed by atoms with Crippen LogP contribution in [-0.4, -0.2) is 64.0 Å². The van der Waals surface area contributed by atoms with Crippen molar-refractivity contribution in [3.63, 3.8) is 0 Å². The van der Waals surface area contributed by atoms with Crippen LogP contribution in [0.1, 0.15) is 0 Å². The maximum atomic E-state index is 14.0. The Morgan fingerprint density at radius 2 is 1.84 bits per heavy atom. The monoisotopic (exact) mass is 433 g/mol. The van der Waals surface area contributed by atoms with Crippen LogP contribution in [-0.2, 0) is 4.74 Å². The number of nitrogen functional groups attached to an aromatic ring is 1. The van der Waals surface area contributed by atoms with Crippen LogP contribution in [0, 0.1) is 5.82 Å². The predicted octanol–water partition coefficient (Wildman–Crippen LogP) is 2.95. The molecule has 4 aromatic rings. The van der Waals surface area contributed by atoms with E-state index in [0.29, 0.717) is 40.6 Å². The zero-order valence-electron chi connectivity index (χ0n) is 17.5. The molecule has 32 heavy (non-hydrogen) atoms. The molecule has 1 aliphatic rings. The standard InChI is InChI=1S/C23H24FN7O/c24-17-6-4-5-16(15-17)20-19-21(25)31(18-7-2-1-3-8-18)29-22(19)28-23(27-20)26-9-10-30-11-13-32-14-12-30/h1-8,15H,9-14,25H2,(H,26,28,29). The van der Waals surface area contributed by atoms with Crippen LogP contribution >= 0.6 is 0 Å². The number of halogens is 1. The number of hydrogen-bond acceptors (Lipinski definition) is 7. The lowest BCUT2D eigenvalue weighted by atomic mass is 10.1. The summed E-state index contributed by atoms with van der Waals surface area (Å²) in [5.41, 5.74) is 8.91. The molecule has 8 nitrogen and oxygen atoms in total. The number of nitrogens with zero attached hydrogens (tertiary/aromatic N) is 5. The van der Waals surface area contributed by atoms with Crippen LogP contribution in [0.4, 0.5) is 16.2 Å². The van der Waals surface area contributed by atoms with E-state index in [1.165, 1.54) is 12.1 Å². The third-order valence-electron chi connectivity index (χ3n) is 5.48. The lowest BCUT2D eigenvalue weighted by Crippen LogP contribution is -2.39. The SMILES string of the molecule is Nc1c2c(-c3cccc(F)c3)nc(NCCN3CCOCC3)nc2nn1-c1ccccc1. The van der Waals surface area contributed by atoms with E-state index in [1.54, 1.807) is 10.7 Å². The highest BCUT2D eigenvalue weighted by molar-refractivity contribution is 5.99. The summed E-state index contributed by atoms with van der Waals surface area (Å²) in [4.78, 5) is 11.6. The second kappa shape index (κ2) is 8.89. The minimum atomic E-state index is -0.342. The number of morpholine rings is 1. The molecule has 0 spiro atoms. The van der Waals surface area contributed by atoms with E-state index in [4.69, 9.17) is 15.5 Å². The Morgan fingerprint density at radius 3 is 2.62 bits per heavy atom. The van der Waals surface area contributed by atoms with Crippen LogP contribution in [0.25, 0.3) is 28.0 Å². The van der Waals surface area contributed by atoms with Gasteiger partial charge in [-0.2, -0.15) is 4.98 Å². The van der Waals surface area contributed by atoms with Gasteiger partial charge in [0, 0.05) is 31.7 Å². The zero-order chi connectivity index (χ0) is 21.9. The summed E-state index contributed by atoms with van der Waals surface area (Å²) >= 11 is 0. The lowest BCUT2D eigenvalue weighted by molar-refractivity contribution is 0.0398. The van der Waals surface area contributed by atoms with Crippen molar-refractivity contribution < 1.29 is 9.13 Å². The predicted molar refractivity (Wildman–Crippen MR) is 122 cm³/mol. The molecule has 0 amide bonds. The summed E-state index contributed by atoms with van der Waals surface area (Å²) in [6, 6.07) is 15.9. The Bertz CT molecular complexity index is 1220. The summed E-state index contributed by atoms with van der Waals surface area (Å²) in [6.45, 7) is 4.84. The molecule has 0 saturated carbocycles. The van der Waals surface area contributed by atoms with Crippen LogP contribution in [0.3, 0.4) is 0 Å². The molecule has 3 heterocycles. The first-order valence-electron chi connectivity index (χ1n) is 10.6. The summed E-state index contributed by atoms with van der Waals surface area (Å²) < 4.78 is 21.0. The van der Waals surface area contributed by atoms with Gasteiger partial charge in [-0.3, -0.25) is 4.90 Å². The molecule has 2 aromatic carbocycles. The van der Waals surface area contributed by atoms with E-state index in [0.717, 1.165) is 38.5 Å². The largest absolute Gasteiger partial charge is 0.383 e. The quantitative estimate of drug-likeness (QED) is 0.483. The Balaban J connectivity index is 1.53. The van der Waals surface area contributed by atoms with Crippen LogP contribution in [0.15, 0.2) is 54.6 Å². The van der Waals surface area contributed by atoms with Crippen molar-refractivity contribution in [3.05, 3.63) is 60.4 Å². The van der Waals surface area contributed by atoms with E-state index < -0.39 is 0 Å². The molecule has 9 heteroatoms. The zero-order valence-corrected chi connectivity index (χ0v) is 17.5. The molecule has 0 radical (unpaired) electrons. The fourth-order valence-corrected chi connectivity index (χ4v) is 3.85. The van der Waals surface area contributed by atoms with Gasteiger partial charge in [0.2, 0.25) is 5.95 Å². The number of nitrogens with two attached hydrogens (primary N) is 1. The summed E-state index contributed by atoms with van der Waals surface area (Å²) in [5.74, 6) is 0.498. The fourth-order valence-electron chi connectivity index (χ4n) is 3.85. The van der Waals surface area contributed by atoms with Gasteiger partial charge in [0.05, 0.1) is 30.0 Å². The lowest BCUT2D eigenvalue weighted by Gasteiger charge is -2.26. The van der Waals surface area contributed by atoms with E-state index in [2.05, 4.69) is 20.3 Å². The number of para-hydroxylation sites is 1. The Labute approximate surface area is 184 Å². The van der Waals surface area contributed by atoms with Gasteiger partial charge in [0.15, 0.2) is 5.65 Å². The van der Waals surface area contributed by atoms with Crippen molar-refractivity contribution >= 4 is 22.8 Å². The highest BCUT2D eigenvalue weighted by atomic mass is 19.1. The normalized spacial score (nSPS) is 14.7. The molecule has 5 rings (SSSR count). The van der Waals surface area contributed by atoms with E-state index >= 15 is 0 Å². The van der Waals surface area contributed by atoms with Crippen LogP contribution in [0.2, 0.25) is 0 Å². The highest BCUT2D eigenvalue weighted by Gasteiger charge is 2.19. The molecular weight excluding hydrogens is 409 g/mol. The number of ether oxygens (including phenoxy) is 1. The van der Waals surface area contributed by atoms with Gasteiger partial charge in [-0.15, -0.1) is 5.10 Å². The maximum Gasteiger partial charge on any atom is 0.225 e. The second-order valence-electron chi connectivity index (χ2n) is 7.62. The molecular formula is C23H24FN7O. The topological polar surface area (TPSA) is 94.1 Å². The maximum absolute atomic E-state index is 14.0. The highest BCUT2D eigenvalue weighted by Crippen LogP contribution is 2.33. The molecule has 1 saturated heterocycles. The van der Waals surface area contributed by atoms with Gasteiger partial charge in [-0.25, -0.2) is 14.1 Å². The molecule has 0 atom stereocenters. The number of hydrogen-bond donors (Lipinski definition) is 2. The smallest absolute Gasteiger partial charge is 0.225 e. The average molecular weight is 433 g/mol. The van der Waals surface area contributed by atoms with E-state index in [-0.39, 0.29) is 5.82 Å². The van der Waals surface area contributed by atoms with Gasteiger partial charge in [0.25, 0.3) is 0 Å². The first kappa shape index (κ1) is 20.3. The minimum absolute atomic E-state index is 0.342. The summed E-state index contributed by atoms with van der Waals surface area (Å²) in [6.07, 6.45) is 0. The average Bonchev–Trinajstić information content (AvgIpc) is 3.16. The molecule has 0 bridgehead atoms. The number of rotatable bonds is 6. The van der Waals surface area contributed by atoms with Crippen LogP contribution in [0.5, 0.6) is 0 Å². The number of benzene rings is 2. The summed E-state index contributed by atoms with van der Waals surface area (Å²) in [7, 11) is 0. The van der Waals surface area contributed by atoms with Crippen molar-refractivity contribution in [3.8, 4) is 16.9 Å². The van der Waals surface area contributed by atoms with Gasteiger partial charge >= 0.3 is 0 Å². The fraction of sp³-hybridized carbons (Fsp3) is 0.261. The van der Waals surface area contributed by atoms with Crippen LogP contribution < -0.4 is 11.1 Å². The third kappa shape index (κ3) is 4.12. The van der Waals surface area contributed by atoms with Crippen molar-refractivity contribution in [1.29, 1.82) is 0 Å². The summed E-state index contributed by atoms with van der Waals surface area (Å²) in [5, 5.41) is 8.51. The van der Waals surface area contributed by atoms with E-state index in [9.17, 15) is 4.39 Å². The van der Waals surface area contributed by atoms with Crippen molar-refractivity contribution in [1.82, 2.24) is 24.6 Å². The van der Waals surface area contributed by atoms with Gasteiger partial charge in [-0.1, -0.05) is 30.3 Å². The molecule has 1 aliphatic heterocycles. The number of anilines is 2. The Morgan fingerprint density at radius 1 is 1.03 bits per heavy atom. The van der Waals surface area contributed by atoms with Gasteiger partial charge in [-0.05, 0) is 24.3 Å². The third-order valence-corrected chi connectivity index (χ3v) is 5.48. The molecule has 3 N–H and O–H groups in total. The van der Waals surface area contributed by atoms with Crippen molar-refractivity contribution in [2.75, 3.05) is 50.4 Å². The minimum Gasteiger partial charge on any atom is -0.383 e. The van der Waals surface area contributed by atoms with Crippen molar-refractivity contribution in [2.45, 2.75) is 0 Å². The second-order valence-corrected chi connectivity index (χ2v) is 7.62. The molecule has 0 aliphatic carbocycles. The number of fused-ring (bicyclic) bond motifs is 1. The Kier molecular flexibility index (Phi) is 5.66. The Hall–Kier alpha value is -3.56. The number of aromatic nitrogens is 4. The van der Waals surface area contributed by atoms with Gasteiger partial charge in [0.1, 0.15) is 11.6 Å². The molecule has 0 unspecified atom stereocenters. The first-order valence-corrected chi connectivity index (χ1v) is 10.6.